The summed E-state index contributed by atoms with van der Waals surface area (Å²) in [6, 6.07) is 1.27. The van der Waals surface area contributed by atoms with Crippen LogP contribution in [0.15, 0.2) is 12.3 Å². The molecule has 0 unspecified atom stereocenters. The van der Waals surface area contributed by atoms with Crippen LogP contribution in [0.1, 0.15) is 39.3 Å². The molecule has 0 bridgehead atoms. The molecule has 0 radical (unpaired) electrons. The van der Waals surface area contributed by atoms with Crippen LogP contribution in [0.3, 0.4) is 0 Å². The van der Waals surface area contributed by atoms with E-state index in [1.807, 2.05) is 0 Å². The SMILES string of the molecule is CC(C)(C)OC(=O)N(Cc1cc2c(cn1)OCCO2)C1CCN(C(=O)C(F)(F)F)CC1. The molecule has 11 heteroatoms. The molecule has 8 nitrogen and oxygen atoms in total. The number of fused-ring (bicyclic) bond motifs is 1. The van der Waals surface area contributed by atoms with Crippen LogP contribution in [0.25, 0.3) is 0 Å². The van der Waals surface area contributed by atoms with E-state index in [9.17, 15) is 22.8 Å². The van der Waals surface area contributed by atoms with E-state index in [1.165, 1.54) is 11.1 Å². The minimum atomic E-state index is -4.91. The number of carbonyl (C=O) groups is 2. The molecule has 0 saturated carbocycles. The second kappa shape index (κ2) is 8.80. The zero-order chi connectivity index (χ0) is 22.8. The number of carbonyl (C=O) groups excluding carboxylic acids is 2. The average Bonchev–Trinajstić information content (AvgIpc) is 2.69. The zero-order valence-corrected chi connectivity index (χ0v) is 17.7. The molecule has 0 spiro atoms. The van der Waals surface area contributed by atoms with Crippen molar-refractivity contribution in [2.24, 2.45) is 0 Å². The molecule has 1 saturated heterocycles. The van der Waals surface area contributed by atoms with Crippen LogP contribution >= 0.6 is 0 Å². The first-order valence-electron chi connectivity index (χ1n) is 10.0. The van der Waals surface area contributed by atoms with Gasteiger partial charge in [-0.25, -0.2) is 4.79 Å². The fraction of sp³-hybridized carbons (Fsp3) is 0.650. The molecule has 0 aromatic carbocycles. The maximum absolute atomic E-state index is 12.9. The maximum atomic E-state index is 12.9. The highest BCUT2D eigenvalue weighted by Crippen LogP contribution is 2.31. The van der Waals surface area contributed by atoms with E-state index in [-0.39, 0.29) is 32.5 Å². The summed E-state index contributed by atoms with van der Waals surface area (Å²) in [5, 5.41) is 0. The third-order valence-electron chi connectivity index (χ3n) is 4.88. The summed E-state index contributed by atoms with van der Waals surface area (Å²) in [6.07, 6.45) is -3.59. The molecule has 2 aliphatic rings. The Labute approximate surface area is 178 Å². The lowest BCUT2D eigenvalue weighted by molar-refractivity contribution is -0.186. The van der Waals surface area contributed by atoms with Gasteiger partial charge in [0.05, 0.1) is 18.4 Å². The van der Waals surface area contributed by atoms with Gasteiger partial charge in [-0.15, -0.1) is 0 Å². The first-order chi connectivity index (χ1) is 14.4. The molecule has 0 N–H and O–H groups in total. The molecule has 2 amide bonds. The van der Waals surface area contributed by atoms with E-state index in [0.29, 0.717) is 30.4 Å². The maximum Gasteiger partial charge on any atom is 0.471 e. The van der Waals surface area contributed by atoms with Gasteiger partial charge >= 0.3 is 18.2 Å². The van der Waals surface area contributed by atoms with E-state index < -0.39 is 29.8 Å². The topological polar surface area (TPSA) is 81.2 Å². The minimum Gasteiger partial charge on any atom is -0.486 e. The predicted molar refractivity (Wildman–Crippen MR) is 103 cm³/mol. The fourth-order valence-electron chi connectivity index (χ4n) is 3.47. The van der Waals surface area contributed by atoms with Gasteiger partial charge in [-0.1, -0.05) is 0 Å². The number of piperidine rings is 1. The number of pyridine rings is 1. The van der Waals surface area contributed by atoms with Crippen LogP contribution in [0.4, 0.5) is 18.0 Å². The lowest BCUT2D eigenvalue weighted by Gasteiger charge is -2.39. The number of halogens is 3. The van der Waals surface area contributed by atoms with Gasteiger partial charge in [-0.2, -0.15) is 13.2 Å². The molecule has 0 aliphatic carbocycles. The van der Waals surface area contributed by atoms with Crippen molar-refractivity contribution in [1.29, 1.82) is 0 Å². The first-order valence-corrected chi connectivity index (χ1v) is 10.0. The molecule has 1 fully saturated rings. The van der Waals surface area contributed by atoms with Crippen molar-refractivity contribution < 1.29 is 37.0 Å². The lowest BCUT2D eigenvalue weighted by Crippen LogP contribution is -2.51. The highest BCUT2D eigenvalue weighted by atomic mass is 19.4. The largest absolute Gasteiger partial charge is 0.486 e. The van der Waals surface area contributed by atoms with Crippen LogP contribution < -0.4 is 9.47 Å². The smallest absolute Gasteiger partial charge is 0.471 e. The normalized spacial score (nSPS) is 17.3. The van der Waals surface area contributed by atoms with Gasteiger partial charge in [-0.3, -0.25) is 14.7 Å². The summed E-state index contributed by atoms with van der Waals surface area (Å²) in [7, 11) is 0. The second-order valence-electron chi connectivity index (χ2n) is 8.45. The van der Waals surface area contributed by atoms with Crippen LogP contribution in [-0.2, 0) is 16.1 Å². The highest BCUT2D eigenvalue weighted by molar-refractivity contribution is 5.82. The fourth-order valence-corrected chi connectivity index (χ4v) is 3.47. The van der Waals surface area contributed by atoms with Crippen LogP contribution in [0, 0.1) is 0 Å². The standard InChI is InChI=1S/C20H26F3N3O5/c1-19(2,3)31-18(28)26(12-13-10-15-16(11-24-13)30-9-8-29-15)14-4-6-25(7-5-14)17(27)20(21,22)23/h10-11,14H,4-9,12H2,1-3H3. The molecule has 0 atom stereocenters. The summed E-state index contributed by atoms with van der Waals surface area (Å²) in [4.78, 5) is 30.9. The summed E-state index contributed by atoms with van der Waals surface area (Å²) >= 11 is 0. The highest BCUT2D eigenvalue weighted by Gasteiger charge is 2.44. The average molecular weight is 445 g/mol. The van der Waals surface area contributed by atoms with E-state index in [1.54, 1.807) is 26.8 Å². The summed E-state index contributed by atoms with van der Waals surface area (Å²) in [5.74, 6) is -0.827. The van der Waals surface area contributed by atoms with Crippen molar-refractivity contribution in [2.75, 3.05) is 26.3 Å². The number of hydrogen-bond acceptors (Lipinski definition) is 6. The van der Waals surface area contributed by atoms with Crippen LogP contribution in [0.5, 0.6) is 11.5 Å². The molecular weight excluding hydrogens is 419 g/mol. The number of nitrogens with zero attached hydrogens (tertiary/aromatic N) is 3. The predicted octanol–water partition coefficient (Wildman–Crippen LogP) is 3.14. The Hall–Kier alpha value is -2.72. The molecule has 31 heavy (non-hydrogen) atoms. The van der Waals surface area contributed by atoms with Crippen molar-refractivity contribution in [2.45, 2.75) is 58.0 Å². The Morgan fingerprint density at radius 2 is 1.77 bits per heavy atom. The molecule has 3 heterocycles. The lowest BCUT2D eigenvalue weighted by atomic mass is 10.0. The minimum absolute atomic E-state index is 0.0867. The van der Waals surface area contributed by atoms with Crippen molar-refractivity contribution in [3.63, 3.8) is 0 Å². The third kappa shape index (κ3) is 5.92. The Kier molecular flexibility index (Phi) is 6.51. The molecule has 2 aliphatic heterocycles. The van der Waals surface area contributed by atoms with Gasteiger partial charge in [0, 0.05) is 25.2 Å². The number of likely N-dealkylation sites (tertiary alicyclic amines) is 1. The van der Waals surface area contributed by atoms with Gasteiger partial charge in [0.15, 0.2) is 11.5 Å². The Morgan fingerprint density at radius 3 is 2.35 bits per heavy atom. The van der Waals surface area contributed by atoms with Crippen LogP contribution in [-0.4, -0.2) is 70.9 Å². The van der Waals surface area contributed by atoms with Gasteiger partial charge < -0.3 is 19.1 Å². The van der Waals surface area contributed by atoms with Crippen molar-refractivity contribution in [1.82, 2.24) is 14.8 Å². The van der Waals surface area contributed by atoms with Gasteiger partial charge in [-0.05, 0) is 33.6 Å². The first kappa shape index (κ1) is 23.0. The molecule has 3 rings (SSSR count). The van der Waals surface area contributed by atoms with E-state index in [2.05, 4.69) is 4.98 Å². The van der Waals surface area contributed by atoms with Gasteiger partial charge in [0.1, 0.15) is 18.8 Å². The number of hydrogen-bond donors (Lipinski definition) is 0. The monoisotopic (exact) mass is 445 g/mol. The molecular formula is C20H26F3N3O5. The number of aromatic nitrogens is 1. The van der Waals surface area contributed by atoms with Crippen molar-refractivity contribution in [3.05, 3.63) is 18.0 Å². The van der Waals surface area contributed by atoms with E-state index in [4.69, 9.17) is 14.2 Å². The van der Waals surface area contributed by atoms with Crippen LogP contribution in [0.2, 0.25) is 0 Å². The Balaban J connectivity index is 1.75. The summed E-state index contributed by atoms with van der Waals surface area (Å²) in [5.41, 5.74) is -0.216. The van der Waals surface area contributed by atoms with Gasteiger partial charge in [0.25, 0.3) is 0 Å². The quantitative estimate of drug-likeness (QED) is 0.711. The Bertz CT molecular complexity index is 817. The van der Waals surface area contributed by atoms with E-state index >= 15 is 0 Å². The van der Waals surface area contributed by atoms with Gasteiger partial charge in [0.2, 0.25) is 0 Å². The van der Waals surface area contributed by atoms with Crippen molar-refractivity contribution in [3.8, 4) is 11.5 Å². The van der Waals surface area contributed by atoms with E-state index in [0.717, 1.165) is 4.90 Å². The number of ether oxygens (including phenoxy) is 3. The molecule has 1 aromatic heterocycles. The third-order valence-corrected chi connectivity index (χ3v) is 4.88. The zero-order valence-electron chi connectivity index (χ0n) is 17.7. The summed E-state index contributed by atoms with van der Waals surface area (Å²) in [6.45, 7) is 5.91. The number of alkyl halides is 3. The Morgan fingerprint density at radius 1 is 1.16 bits per heavy atom. The molecule has 1 aromatic rings. The molecule has 172 valence electrons. The number of amides is 2. The summed E-state index contributed by atoms with van der Waals surface area (Å²) < 4.78 is 54.7. The second-order valence-corrected chi connectivity index (χ2v) is 8.45. The number of rotatable bonds is 3. The van der Waals surface area contributed by atoms with Crippen molar-refractivity contribution >= 4 is 12.0 Å².